The first-order valence-electron chi connectivity index (χ1n) is 29.5. The molecule has 0 saturated heterocycles. The van der Waals surface area contributed by atoms with Crippen LogP contribution in [0, 0.1) is 13.8 Å². The number of hydrogen-bond acceptors (Lipinski definition) is 3. The third-order valence-corrected chi connectivity index (χ3v) is 19.0. The molecule has 0 fully saturated rings. The van der Waals surface area contributed by atoms with Crippen molar-refractivity contribution in [2.24, 2.45) is 0 Å². The summed E-state index contributed by atoms with van der Waals surface area (Å²) in [4.78, 5) is 7.36. The van der Waals surface area contributed by atoms with E-state index < -0.39 is 12.3 Å². The third kappa shape index (κ3) is 7.07. The van der Waals surface area contributed by atoms with E-state index >= 15 is 0 Å². The smallest absolute Gasteiger partial charge is 0.252 e. The van der Waals surface area contributed by atoms with E-state index in [-0.39, 0.29) is 33.8 Å². The second kappa shape index (κ2) is 16.1. The van der Waals surface area contributed by atoms with Crippen LogP contribution in [0.4, 0.5) is 51.2 Å². The Morgan fingerprint density at radius 2 is 1.04 bits per heavy atom. The zero-order chi connectivity index (χ0) is 55.9. The van der Waals surface area contributed by atoms with Gasteiger partial charge in [0.15, 0.2) is 0 Å². The lowest BCUT2D eigenvalue weighted by Crippen LogP contribution is -2.61. The fourth-order valence-corrected chi connectivity index (χ4v) is 15.2. The number of rotatable bonds is 5. The molecule has 0 atom stereocenters. The Bertz CT molecular complexity index is 3820. The molecule has 0 aromatic heterocycles. The number of nitrogens with zero attached hydrogens (tertiary/aromatic N) is 3. The van der Waals surface area contributed by atoms with E-state index in [1.54, 1.807) is 0 Å². The second-order valence-corrected chi connectivity index (χ2v) is 27.5. The summed E-state index contributed by atoms with van der Waals surface area (Å²) < 4.78 is 28.3. The van der Waals surface area contributed by atoms with Crippen molar-refractivity contribution in [3.05, 3.63) is 202 Å². The van der Waals surface area contributed by atoms with Gasteiger partial charge in [-0.3, -0.25) is 0 Å². The molecule has 0 bridgehead atoms. The van der Waals surface area contributed by atoms with Gasteiger partial charge in [-0.2, -0.15) is 0 Å². The van der Waals surface area contributed by atoms with Gasteiger partial charge in [0.1, 0.15) is 0 Å². The molecule has 0 amide bonds. The summed E-state index contributed by atoms with van der Waals surface area (Å²) in [6.07, 6.45) is 3.25. The number of para-hydroxylation sites is 2. The minimum absolute atomic E-state index is 0.0210. The van der Waals surface area contributed by atoms with Crippen LogP contribution < -0.4 is 31.1 Å². The first-order valence-corrected chi connectivity index (χ1v) is 28.0. The maximum absolute atomic E-state index is 9.43. The van der Waals surface area contributed by atoms with Crippen LogP contribution in [0.3, 0.4) is 0 Å². The molecule has 382 valence electrons. The molecule has 8 aromatic rings. The van der Waals surface area contributed by atoms with Gasteiger partial charge in [0.2, 0.25) is 0 Å². The van der Waals surface area contributed by atoms with Gasteiger partial charge in [-0.05, 0) is 204 Å². The summed E-state index contributed by atoms with van der Waals surface area (Å²) in [5.74, 6) is 0. The van der Waals surface area contributed by atoms with Gasteiger partial charge >= 0.3 is 0 Å². The summed E-state index contributed by atoms with van der Waals surface area (Å²) in [6.45, 7) is 30.6. The van der Waals surface area contributed by atoms with Crippen molar-refractivity contribution in [2.75, 3.05) is 14.7 Å². The van der Waals surface area contributed by atoms with Crippen LogP contribution in [0.15, 0.2) is 152 Å². The lowest BCUT2D eigenvalue weighted by molar-refractivity contribution is 0.332. The maximum atomic E-state index is 9.43. The number of hydrogen-bond donors (Lipinski definition) is 0. The summed E-state index contributed by atoms with van der Waals surface area (Å²) >= 11 is 0. The average molecular weight is 997 g/mol. The lowest BCUT2D eigenvalue weighted by Gasteiger charge is -2.47. The molecule has 0 N–H and O–H groups in total. The standard InChI is InChI=1S/C72H76BN3/c1-44-35-63-66-64(36-44)76(60-41-55-53(37-45(60)2)68(6,7)33-34-69(55,8)9)62-42-56-54(70(10,11)43-71(56,12)13)40-58(62)73(66)57-32-30-49(74(47-23-18-16-19-24-47)48-25-20-17-21-26-48)39-61(57)75(63)59-28-22-27-51-50-31-29-46(67(3,4)5)38-52(50)72(14,15)65(51)59/h16-32,35-42H,33-34,43H2,1-15H3/i1D3. The molecule has 2 aliphatic heterocycles. The maximum Gasteiger partial charge on any atom is 0.252 e. The molecule has 76 heavy (non-hydrogen) atoms. The van der Waals surface area contributed by atoms with Crippen LogP contribution in [-0.4, -0.2) is 6.71 Å². The van der Waals surface area contributed by atoms with Gasteiger partial charge in [0, 0.05) is 55.0 Å². The van der Waals surface area contributed by atoms with E-state index in [2.05, 4.69) is 251 Å². The Kier molecular flexibility index (Phi) is 9.64. The molecule has 5 aliphatic rings. The number of aryl methyl sites for hydroxylation is 2. The number of anilines is 9. The molecule has 0 unspecified atom stereocenters. The molecular weight excluding hydrogens is 918 g/mol. The van der Waals surface area contributed by atoms with E-state index in [1.165, 1.54) is 66.6 Å². The molecule has 4 heteroatoms. The fraction of sp³-hybridized carbons (Fsp3) is 0.333. The number of benzene rings is 8. The van der Waals surface area contributed by atoms with E-state index in [9.17, 15) is 4.11 Å². The monoisotopic (exact) mass is 997 g/mol. The molecule has 2 heterocycles. The molecule has 0 saturated carbocycles. The lowest BCUT2D eigenvalue weighted by atomic mass is 9.33. The fourth-order valence-electron chi connectivity index (χ4n) is 15.2. The van der Waals surface area contributed by atoms with E-state index in [1.807, 2.05) is 12.1 Å². The minimum atomic E-state index is -2.42. The molecule has 0 spiro atoms. The van der Waals surface area contributed by atoms with Crippen LogP contribution in [-0.2, 0) is 32.5 Å². The topological polar surface area (TPSA) is 9.72 Å². The van der Waals surface area contributed by atoms with Crippen LogP contribution in [0.25, 0.3) is 11.1 Å². The molecule has 8 aromatic carbocycles. The molecule has 0 radical (unpaired) electrons. The van der Waals surface area contributed by atoms with Crippen molar-refractivity contribution in [1.82, 2.24) is 0 Å². The summed E-state index contributed by atoms with van der Waals surface area (Å²) in [7, 11) is 0. The third-order valence-electron chi connectivity index (χ3n) is 19.0. The van der Waals surface area contributed by atoms with E-state index in [0.717, 1.165) is 75.9 Å². The van der Waals surface area contributed by atoms with Crippen LogP contribution in [0.2, 0.25) is 0 Å². The van der Waals surface area contributed by atoms with Gasteiger partial charge in [0.05, 0.1) is 5.69 Å². The van der Waals surface area contributed by atoms with Crippen molar-refractivity contribution in [1.29, 1.82) is 0 Å². The summed E-state index contributed by atoms with van der Waals surface area (Å²) in [5, 5.41) is 0. The van der Waals surface area contributed by atoms with Gasteiger partial charge in [-0.15, -0.1) is 0 Å². The highest BCUT2D eigenvalue weighted by atomic mass is 15.2. The largest absolute Gasteiger partial charge is 0.311 e. The Labute approximate surface area is 459 Å². The van der Waals surface area contributed by atoms with E-state index in [0.29, 0.717) is 5.56 Å². The highest BCUT2D eigenvalue weighted by Crippen LogP contribution is 2.58. The Hall–Kier alpha value is -6.78. The summed E-state index contributed by atoms with van der Waals surface area (Å²) in [6, 6.07) is 56.6. The predicted octanol–water partition coefficient (Wildman–Crippen LogP) is 17.8. The Morgan fingerprint density at radius 3 is 1.66 bits per heavy atom. The molecule has 13 rings (SSSR count). The average Bonchev–Trinajstić information content (AvgIpc) is 3.32. The number of fused-ring (bicyclic) bond motifs is 9. The normalized spacial score (nSPS) is 19.0. The molecule has 3 nitrogen and oxygen atoms in total. The minimum Gasteiger partial charge on any atom is -0.311 e. The highest BCUT2D eigenvalue weighted by molar-refractivity contribution is 7.00. The van der Waals surface area contributed by atoms with Crippen molar-refractivity contribution < 1.29 is 4.11 Å². The molecule has 3 aliphatic carbocycles. The van der Waals surface area contributed by atoms with Crippen LogP contribution in [0.5, 0.6) is 0 Å². The van der Waals surface area contributed by atoms with Gasteiger partial charge in [-0.25, -0.2) is 0 Å². The van der Waals surface area contributed by atoms with Crippen molar-refractivity contribution in [3.8, 4) is 11.1 Å². The predicted molar refractivity (Wildman–Crippen MR) is 327 cm³/mol. The van der Waals surface area contributed by atoms with E-state index in [4.69, 9.17) is 0 Å². The van der Waals surface area contributed by atoms with Crippen molar-refractivity contribution >= 4 is 74.3 Å². The molecular formula is C72H76BN3. The first-order chi connectivity index (χ1) is 37.1. The quantitative estimate of drug-likeness (QED) is 0.159. The zero-order valence-electron chi connectivity index (χ0n) is 50.5. The second-order valence-electron chi connectivity index (χ2n) is 27.5. The van der Waals surface area contributed by atoms with Gasteiger partial charge in [0.25, 0.3) is 6.71 Å². The van der Waals surface area contributed by atoms with Crippen molar-refractivity contribution in [3.63, 3.8) is 0 Å². The summed E-state index contributed by atoms with van der Waals surface area (Å²) in [5.41, 5.74) is 25.8. The van der Waals surface area contributed by atoms with Gasteiger partial charge in [-0.1, -0.05) is 175 Å². The Morgan fingerprint density at radius 1 is 0.474 bits per heavy atom. The van der Waals surface area contributed by atoms with Crippen LogP contribution >= 0.6 is 0 Å². The van der Waals surface area contributed by atoms with Gasteiger partial charge < -0.3 is 14.7 Å². The SMILES string of the molecule is [2H]C([2H])([2H])c1cc2c3c(c1)N(c1cccc4c1C(C)(C)c1cc(C(C)(C)C)ccc1-4)c1cc(N(c4ccccc4)c4ccccc4)ccc1B3c1cc3c(cc1N2c1cc2c(cc1C)C(C)(C)CCC2(C)C)C(C)(C)CC3(C)C. The first kappa shape index (κ1) is 45.4. The highest BCUT2D eigenvalue weighted by Gasteiger charge is 2.50. The Balaban J connectivity index is 1.17. The van der Waals surface area contributed by atoms with Crippen molar-refractivity contribution in [2.45, 2.75) is 156 Å². The van der Waals surface area contributed by atoms with Crippen LogP contribution in [0.1, 0.15) is 163 Å². The zero-order valence-corrected chi connectivity index (χ0v) is 47.5.